The Labute approximate surface area is 120 Å². The van der Waals surface area contributed by atoms with Crippen LogP contribution in [-0.2, 0) is 13.1 Å². The molecular formula is C16H13F2NO2. The molecule has 1 aliphatic heterocycles. The van der Waals surface area contributed by atoms with E-state index in [1.165, 1.54) is 29.2 Å². The zero-order valence-corrected chi connectivity index (χ0v) is 11.4. The maximum Gasteiger partial charge on any atom is 0.255 e. The summed E-state index contributed by atoms with van der Waals surface area (Å²) in [6.45, 7) is 1.80. The second kappa shape index (κ2) is 4.84. The van der Waals surface area contributed by atoms with Crippen molar-refractivity contribution in [3.05, 3.63) is 64.2 Å². The van der Waals surface area contributed by atoms with E-state index in [4.69, 9.17) is 0 Å². The first-order chi connectivity index (χ1) is 9.99. The molecule has 0 atom stereocenters. The van der Waals surface area contributed by atoms with E-state index >= 15 is 0 Å². The Kier molecular flexibility index (Phi) is 3.12. The zero-order valence-electron chi connectivity index (χ0n) is 11.4. The van der Waals surface area contributed by atoms with Gasteiger partial charge in [0.1, 0.15) is 17.4 Å². The minimum atomic E-state index is -0.668. The van der Waals surface area contributed by atoms with Crippen molar-refractivity contribution in [2.75, 3.05) is 0 Å². The number of halogens is 2. The normalized spacial score (nSPS) is 13.7. The third-order valence-corrected chi connectivity index (χ3v) is 3.80. The SMILES string of the molecule is Cc1c(O)ccc2c1C(=O)N(Cc1c(F)cccc1F)C2. The molecule has 0 spiro atoms. The molecule has 3 nitrogen and oxygen atoms in total. The van der Waals surface area contributed by atoms with Crippen molar-refractivity contribution in [1.29, 1.82) is 0 Å². The monoisotopic (exact) mass is 289 g/mol. The summed E-state index contributed by atoms with van der Waals surface area (Å²) in [5.41, 5.74) is 1.55. The number of nitrogens with zero attached hydrogens (tertiary/aromatic N) is 1. The van der Waals surface area contributed by atoms with Gasteiger partial charge in [-0.2, -0.15) is 0 Å². The number of fused-ring (bicyclic) bond motifs is 1. The van der Waals surface area contributed by atoms with Crippen LogP contribution in [0.15, 0.2) is 30.3 Å². The summed E-state index contributed by atoms with van der Waals surface area (Å²) in [7, 11) is 0. The Morgan fingerprint density at radius 2 is 1.86 bits per heavy atom. The van der Waals surface area contributed by atoms with Crippen LogP contribution in [0.25, 0.3) is 0 Å². The van der Waals surface area contributed by atoms with Crippen LogP contribution in [0.1, 0.15) is 27.0 Å². The van der Waals surface area contributed by atoms with E-state index in [1.54, 1.807) is 13.0 Å². The van der Waals surface area contributed by atoms with Crippen LogP contribution in [-0.4, -0.2) is 15.9 Å². The molecular weight excluding hydrogens is 276 g/mol. The molecule has 1 N–H and O–H groups in total. The molecule has 0 bridgehead atoms. The highest BCUT2D eigenvalue weighted by Gasteiger charge is 2.31. The molecule has 2 aromatic carbocycles. The Morgan fingerprint density at radius 1 is 1.19 bits per heavy atom. The number of benzene rings is 2. The van der Waals surface area contributed by atoms with Crippen LogP contribution < -0.4 is 0 Å². The molecule has 0 fully saturated rings. The van der Waals surface area contributed by atoms with Gasteiger partial charge in [0.15, 0.2) is 0 Å². The van der Waals surface area contributed by atoms with Gasteiger partial charge in [-0.3, -0.25) is 4.79 Å². The largest absolute Gasteiger partial charge is 0.508 e. The number of carbonyl (C=O) groups excluding carboxylic acids is 1. The predicted octanol–water partition coefficient (Wildman–Crippen LogP) is 3.13. The third-order valence-electron chi connectivity index (χ3n) is 3.80. The van der Waals surface area contributed by atoms with Crippen molar-refractivity contribution in [2.45, 2.75) is 20.0 Å². The Hall–Kier alpha value is -2.43. The Bertz CT molecular complexity index is 723. The molecule has 2 aromatic rings. The fourth-order valence-electron chi connectivity index (χ4n) is 2.62. The van der Waals surface area contributed by atoms with Gasteiger partial charge in [-0.1, -0.05) is 12.1 Å². The summed E-state index contributed by atoms with van der Waals surface area (Å²) < 4.78 is 27.4. The molecule has 5 heteroatoms. The summed E-state index contributed by atoms with van der Waals surface area (Å²) in [5, 5.41) is 9.67. The number of hydrogen-bond acceptors (Lipinski definition) is 2. The number of carbonyl (C=O) groups is 1. The van der Waals surface area contributed by atoms with Crippen molar-refractivity contribution in [1.82, 2.24) is 4.90 Å². The summed E-state index contributed by atoms with van der Waals surface area (Å²) in [6.07, 6.45) is 0. The first-order valence-corrected chi connectivity index (χ1v) is 6.52. The van der Waals surface area contributed by atoms with Crippen LogP contribution in [0, 0.1) is 18.6 Å². The molecule has 0 saturated carbocycles. The molecule has 0 saturated heterocycles. The number of aromatic hydroxyl groups is 1. The lowest BCUT2D eigenvalue weighted by molar-refractivity contribution is 0.0763. The van der Waals surface area contributed by atoms with Crippen LogP contribution in [0.5, 0.6) is 5.75 Å². The lowest BCUT2D eigenvalue weighted by Gasteiger charge is -2.16. The van der Waals surface area contributed by atoms with Crippen molar-refractivity contribution < 1.29 is 18.7 Å². The summed E-state index contributed by atoms with van der Waals surface area (Å²) in [4.78, 5) is 13.7. The van der Waals surface area contributed by atoms with E-state index in [0.717, 1.165) is 5.56 Å². The molecule has 1 amide bonds. The Balaban J connectivity index is 1.94. The molecule has 0 aromatic heterocycles. The standard InChI is InChI=1S/C16H13F2NO2/c1-9-14(20)6-5-10-7-19(16(21)15(9)10)8-11-12(17)3-2-4-13(11)18/h2-6,20H,7-8H2,1H3. The lowest BCUT2D eigenvalue weighted by atomic mass is 10.0. The minimum absolute atomic E-state index is 0.0426. The van der Waals surface area contributed by atoms with Crippen molar-refractivity contribution in [3.8, 4) is 5.75 Å². The minimum Gasteiger partial charge on any atom is -0.508 e. The number of phenolic OH excluding ortho intramolecular Hbond substituents is 1. The number of amides is 1. The highest BCUT2D eigenvalue weighted by molar-refractivity contribution is 6.00. The fourth-order valence-corrected chi connectivity index (χ4v) is 2.62. The van der Waals surface area contributed by atoms with E-state index in [1.807, 2.05) is 0 Å². The summed E-state index contributed by atoms with van der Waals surface area (Å²) in [5.74, 6) is -1.61. The second-order valence-corrected chi connectivity index (χ2v) is 5.11. The number of hydrogen-bond donors (Lipinski definition) is 1. The van der Waals surface area contributed by atoms with E-state index in [9.17, 15) is 18.7 Å². The number of rotatable bonds is 2. The summed E-state index contributed by atoms with van der Waals surface area (Å²) >= 11 is 0. The van der Waals surface area contributed by atoms with Gasteiger partial charge in [0.25, 0.3) is 5.91 Å². The van der Waals surface area contributed by atoms with E-state index in [2.05, 4.69) is 0 Å². The van der Waals surface area contributed by atoms with Gasteiger partial charge in [0.2, 0.25) is 0 Å². The molecule has 108 valence electrons. The quantitative estimate of drug-likeness (QED) is 0.922. The van der Waals surface area contributed by atoms with Gasteiger partial charge < -0.3 is 10.0 Å². The Morgan fingerprint density at radius 3 is 2.52 bits per heavy atom. The van der Waals surface area contributed by atoms with Gasteiger partial charge >= 0.3 is 0 Å². The van der Waals surface area contributed by atoms with E-state index in [0.29, 0.717) is 11.1 Å². The predicted molar refractivity (Wildman–Crippen MR) is 72.8 cm³/mol. The first-order valence-electron chi connectivity index (χ1n) is 6.52. The third kappa shape index (κ3) is 2.14. The summed E-state index contributed by atoms with van der Waals surface area (Å²) in [6, 6.07) is 6.81. The van der Waals surface area contributed by atoms with Gasteiger partial charge in [0.05, 0.1) is 12.1 Å². The van der Waals surface area contributed by atoms with Gasteiger partial charge in [-0.05, 0) is 30.7 Å². The maximum absolute atomic E-state index is 13.7. The smallest absolute Gasteiger partial charge is 0.255 e. The van der Waals surface area contributed by atoms with Crippen LogP contribution in [0.4, 0.5) is 8.78 Å². The maximum atomic E-state index is 13.7. The number of phenols is 1. The van der Waals surface area contributed by atoms with Crippen LogP contribution in [0.2, 0.25) is 0 Å². The van der Waals surface area contributed by atoms with Gasteiger partial charge in [-0.15, -0.1) is 0 Å². The van der Waals surface area contributed by atoms with Gasteiger partial charge in [0, 0.05) is 17.7 Å². The molecule has 3 rings (SSSR count). The van der Waals surface area contributed by atoms with Gasteiger partial charge in [-0.25, -0.2) is 8.78 Å². The highest BCUT2D eigenvalue weighted by Crippen LogP contribution is 2.32. The highest BCUT2D eigenvalue weighted by atomic mass is 19.1. The molecule has 1 aliphatic rings. The fraction of sp³-hybridized carbons (Fsp3) is 0.188. The molecule has 21 heavy (non-hydrogen) atoms. The van der Waals surface area contributed by atoms with Crippen LogP contribution >= 0.6 is 0 Å². The van der Waals surface area contributed by atoms with Crippen molar-refractivity contribution >= 4 is 5.91 Å². The second-order valence-electron chi connectivity index (χ2n) is 5.11. The average molecular weight is 289 g/mol. The average Bonchev–Trinajstić information content (AvgIpc) is 2.76. The van der Waals surface area contributed by atoms with Crippen LogP contribution in [0.3, 0.4) is 0 Å². The van der Waals surface area contributed by atoms with Crippen molar-refractivity contribution in [2.24, 2.45) is 0 Å². The molecule has 1 heterocycles. The van der Waals surface area contributed by atoms with E-state index in [-0.39, 0.29) is 30.3 Å². The topological polar surface area (TPSA) is 40.5 Å². The molecule has 0 aliphatic carbocycles. The van der Waals surface area contributed by atoms with Crippen molar-refractivity contribution in [3.63, 3.8) is 0 Å². The zero-order chi connectivity index (χ0) is 15.1. The first kappa shape index (κ1) is 13.5. The molecule has 0 unspecified atom stereocenters. The molecule has 0 radical (unpaired) electrons. The lowest BCUT2D eigenvalue weighted by Crippen LogP contribution is -2.24. The van der Waals surface area contributed by atoms with E-state index < -0.39 is 11.6 Å².